The molecule has 9 heteroatoms. The van der Waals surface area contributed by atoms with Crippen molar-refractivity contribution >= 4 is 58.1 Å². The molecular weight excluding hydrogens is 375 g/mol. The van der Waals surface area contributed by atoms with Crippen molar-refractivity contribution in [2.24, 2.45) is 0 Å². The molecule has 2 aromatic carbocycles. The number of thiocarbonyl (C=S) groups is 1. The van der Waals surface area contributed by atoms with Crippen LogP contribution in [0.15, 0.2) is 36.4 Å². The van der Waals surface area contributed by atoms with Crippen molar-refractivity contribution in [2.75, 3.05) is 5.32 Å². The number of amides is 1. The zero-order valence-electron chi connectivity index (χ0n) is 11.8. The Morgan fingerprint density at radius 2 is 1.75 bits per heavy atom. The maximum absolute atomic E-state index is 12.1. The molecule has 0 atom stereocenters. The Balaban J connectivity index is 2.08. The number of hydrogen-bond donors (Lipinski definition) is 4. The number of anilines is 1. The van der Waals surface area contributed by atoms with E-state index in [4.69, 9.17) is 40.5 Å². The van der Waals surface area contributed by atoms with Crippen LogP contribution in [0, 0.1) is 0 Å². The van der Waals surface area contributed by atoms with Crippen molar-refractivity contribution in [1.29, 1.82) is 0 Å². The lowest BCUT2D eigenvalue weighted by molar-refractivity contribution is 0.0693. The van der Waals surface area contributed by atoms with E-state index in [1.54, 1.807) is 6.07 Å². The van der Waals surface area contributed by atoms with Gasteiger partial charge in [-0.1, -0.05) is 23.2 Å². The van der Waals surface area contributed by atoms with E-state index in [9.17, 15) is 14.7 Å². The first-order valence-corrected chi connectivity index (χ1v) is 7.58. The van der Waals surface area contributed by atoms with E-state index in [0.29, 0.717) is 10.7 Å². The van der Waals surface area contributed by atoms with Crippen LogP contribution in [0.4, 0.5) is 5.69 Å². The highest BCUT2D eigenvalue weighted by Gasteiger charge is 2.14. The number of benzene rings is 2. The van der Waals surface area contributed by atoms with Gasteiger partial charge in [-0.3, -0.25) is 10.1 Å². The highest BCUT2D eigenvalue weighted by Crippen LogP contribution is 2.22. The Labute approximate surface area is 152 Å². The first kappa shape index (κ1) is 18.0. The first-order valence-electron chi connectivity index (χ1n) is 6.41. The van der Waals surface area contributed by atoms with Gasteiger partial charge in [0, 0.05) is 16.8 Å². The van der Waals surface area contributed by atoms with Crippen LogP contribution in [0.1, 0.15) is 20.7 Å². The third-order valence-electron chi connectivity index (χ3n) is 2.89. The van der Waals surface area contributed by atoms with E-state index in [0.717, 1.165) is 0 Å². The largest absolute Gasteiger partial charge is 0.507 e. The van der Waals surface area contributed by atoms with Crippen LogP contribution in [0.25, 0.3) is 0 Å². The Hall–Kier alpha value is -2.35. The van der Waals surface area contributed by atoms with Crippen LogP contribution in [-0.2, 0) is 0 Å². The van der Waals surface area contributed by atoms with Gasteiger partial charge in [0.2, 0.25) is 0 Å². The van der Waals surface area contributed by atoms with Crippen molar-refractivity contribution < 1.29 is 19.8 Å². The van der Waals surface area contributed by atoms with Gasteiger partial charge in [-0.15, -0.1) is 0 Å². The van der Waals surface area contributed by atoms with Crippen LogP contribution in [-0.4, -0.2) is 27.2 Å². The average molecular weight is 385 g/mol. The molecule has 0 aliphatic rings. The Morgan fingerprint density at radius 1 is 1.04 bits per heavy atom. The van der Waals surface area contributed by atoms with Crippen molar-refractivity contribution in [2.45, 2.75) is 0 Å². The minimum atomic E-state index is -1.26. The van der Waals surface area contributed by atoms with Gasteiger partial charge in [0.1, 0.15) is 11.3 Å². The standard InChI is InChI=1S/C15H10Cl2N2O4S/c16-7-1-4-11(17)10(5-7)13(21)19-15(24)18-8-2-3-9(14(22)23)12(20)6-8/h1-6,20H,(H,22,23)(H2,18,19,21,24). The molecule has 4 N–H and O–H groups in total. The lowest BCUT2D eigenvalue weighted by Crippen LogP contribution is -2.34. The number of carbonyl (C=O) groups excluding carboxylic acids is 1. The molecule has 0 bridgehead atoms. The molecule has 1 amide bonds. The number of hydrogen-bond acceptors (Lipinski definition) is 4. The van der Waals surface area contributed by atoms with Crippen molar-refractivity contribution in [3.8, 4) is 5.75 Å². The van der Waals surface area contributed by atoms with Crippen LogP contribution in [0.2, 0.25) is 10.0 Å². The number of aromatic hydroxyl groups is 1. The Kier molecular flexibility index (Phi) is 5.61. The van der Waals surface area contributed by atoms with Gasteiger partial charge in [0.05, 0.1) is 10.6 Å². The molecule has 0 aromatic heterocycles. The van der Waals surface area contributed by atoms with Gasteiger partial charge < -0.3 is 15.5 Å². The molecule has 0 saturated carbocycles. The summed E-state index contributed by atoms with van der Waals surface area (Å²) in [7, 11) is 0. The van der Waals surface area contributed by atoms with Crippen LogP contribution < -0.4 is 10.6 Å². The number of phenols is 1. The summed E-state index contributed by atoms with van der Waals surface area (Å²) < 4.78 is 0. The third-order valence-corrected chi connectivity index (χ3v) is 3.65. The summed E-state index contributed by atoms with van der Waals surface area (Å²) in [5.41, 5.74) is 0.207. The molecular formula is C15H10Cl2N2O4S. The molecule has 0 aliphatic heterocycles. The normalized spacial score (nSPS) is 10.1. The van der Waals surface area contributed by atoms with E-state index in [2.05, 4.69) is 10.6 Å². The topological polar surface area (TPSA) is 98.7 Å². The van der Waals surface area contributed by atoms with Crippen LogP contribution in [0.5, 0.6) is 5.75 Å². The molecule has 24 heavy (non-hydrogen) atoms. The summed E-state index contributed by atoms with van der Waals surface area (Å²) in [5.74, 6) is -2.25. The van der Waals surface area contributed by atoms with Crippen molar-refractivity contribution in [3.63, 3.8) is 0 Å². The fourth-order valence-electron chi connectivity index (χ4n) is 1.79. The fourth-order valence-corrected chi connectivity index (χ4v) is 2.38. The summed E-state index contributed by atoms with van der Waals surface area (Å²) in [6, 6.07) is 8.21. The number of carboxylic acids is 1. The maximum atomic E-state index is 12.1. The lowest BCUT2D eigenvalue weighted by atomic mass is 10.2. The second kappa shape index (κ2) is 7.48. The Bertz CT molecular complexity index is 842. The smallest absolute Gasteiger partial charge is 0.339 e. The molecule has 0 radical (unpaired) electrons. The predicted molar refractivity (Wildman–Crippen MR) is 95.2 cm³/mol. The number of carboxylic acid groups (broad SMARTS) is 1. The number of rotatable bonds is 3. The summed E-state index contributed by atoms with van der Waals surface area (Å²) in [6.45, 7) is 0. The SMILES string of the molecule is O=C(O)c1ccc(NC(=S)NC(=O)c2cc(Cl)ccc2Cl)cc1O. The molecule has 0 unspecified atom stereocenters. The summed E-state index contributed by atoms with van der Waals surface area (Å²) >= 11 is 16.8. The number of halogens is 2. The monoisotopic (exact) mass is 384 g/mol. The minimum absolute atomic E-state index is 0.0569. The van der Waals surface area contributed by atoms with Gasteiger partial charge in [-0.25, -0.2) is 4.79 Å². The molecule has 2 rings (SSSR count). The van der Waals surface area contributed by atoms with Crippen molar-refractivity contribution in [1.82, 2.24) is 5.32 Å². The molecule has 0 saturated heterocycles. The molecule has 6 nitrogen and oxygen atoms in total. The predicted octanol–water partition coefficient (Wildman–Crippen LogP) is 3.52. The zero-order chi connectivity index (χ0) is 17.9. The molecule has 0 aliphatic carbocycles. The Morgan fingerprint density at radius 3 is 2.38 bits per heavy atom. The highest BCUT2D eigenvalue weighted by atomic mass is 35.5. The number of aromatic carboxylic acids is 1. The number of nitrogens with one attached hydrogen (secondary N) is 2. The first-order chi connectivity index (χ1) is 11.3. The van der Waals surface area contributed by atoms with Gasteiger partial charge in [-0.05, 0) is 42.5 Å². The van der Waals surface area contributed by atoms with E-state index >= 15 is 0 Å². The molecule has 0 fully saturated rings. The summed E-state index contributed by atoms with van der Waals surface area (Å²) in [5, 5.41) is 24.0. The maximum Gasteiger partial charge on any atom is 0.339 e. The van der Waals surface area contributed by atoms with E-state index in [-0.39, 0.29) is 21.3 Å². The van der Waals surface area contributed by atoms with Crippen molar-refractivity contribution in [3.05, 3.63) is 57.6 Å². The molecule has 0 spiro atoms. The summed E-state index contributed by atoms with van der Waals surface area (Å²) in [4.78, 5) is 23.0. The minimum Gasteiger partial charge on any atom is -0.507 e. The van der Waals surface area contributed by atoms with E-state index in [1.807, 2.05) is 0 Å². The second-order valence-corrected chi connectivity index (χ2v) is 5.82. The second-order valence-electron chi connectivity index (χ2n) is 4.57. The molecule has 124 valence electrons. The zero-order valence-corrected chi connectivity index (χ0v) is 14.2. The quantitative estimate of drug-likeness (QED) is 0.604. The number of carbonyl (C=O) groups is 2. The highest BCUT2D eigenvalue weighted by molar-refractivity contribution is 7.80. The van der Waals surface area contributed by atoms with E-state index in [1.165, 1.54) is 30.3 Å². The van der Waals surface area contributed by atoms with Gasteiger partial charge in [0.15, 0.2) is 5.11 Å². The molecule has 2 aromatic rings. The lowest BCUT2D eigenvalue weighted by Gasteiger charge is -2.11. The fraction of sp³-hybridized carbons (Fsp3) is 0. The van der Waals surface area contributed by atoms with Crippen LogP contribution >= 0.6 is 35.4 Å². The average Bonchev–Trinajstić information content (AvgIpc) is 2.49. The third kappa shape index (κ3) is 4.35. The van der Waals surface area contributed by atoms with Crippen LogP contribution in [0.3, 0.4) is 0 Å². The van der Waals surface area contributed by atoms with Gasteiger partial charge in [-0.2, -0.15) is 0 Å². The molecule has 0 heterocycles. The summed E-state index contributed by atoms with van der Waals surface area (Å²) in [6.07, 6.45) is 0. The van der Waals surface area contributed by atoms with Gasteiger partial charge in [0.25, 0.3) is 5.91 Å². The van der Waals surface area contributed by atoms with Gasteiger partial charge >= 0.3 is 5.97 Å². The van der Waals surface area contributed by atoms with E-state index < -0.39 is 17.6 Å².